The summed E-state index contributed by atoms with van der Waals surface area (Å²) in [5.74, 6) is -0.523. The smallest absolute Gasteiger partial charge is 0.335 e. The number of aromatic carboxylic acids is 2. The van der Waals surface area contributed by atoms with Crippen LogP contribution in [0.25, 0.3) is 0 Å². The average Bonchev–Trinajstić information content (AvgIpc) is 3.13. The number of carboxylic acid groups (broad SMARTS) is 2. The maximum atomic E-state index is 10.4. The number of hydrogen-bond donors (Lipinski definition) is 6. The standard InChI is InChI=1S/2C12H28N2.2C8H8O3/c2*1-2-3-9-12(14)10-7-5-4-6-8-11-13;2*1-11-7-4-2-6(3-5-7)8(9)10/h2*12H,2-11,13-14H2,1H3;2*2-5H,1H3,(H,9,10). The molecule has 0 aliphatic carbocycles. The fourth-order valence-corrected chi connectivity index (χ4v) is 4.85. The highest BCUT2D eigenvalue weighted by atomic mass is 16.5. The topological polar surface area (TPSA) is 197 Å². The number of carboxylic acids is 2. The highest BCUT2D eigenvalue weighted by Crippen LogP contribution is 2.13. The van der Waals surface area contributed by atoms with E-state index >= 15 is 0 Å². The van der Waals surface area contributed by atoms with Crippen molar-refractivity contribution >= 4 is 11.9 Å². The third kappa shape index (κ3) is 30.8. The number of rotatable bonds is 24. The second kappa shape index (κ2) is 35.6. The van der Waals surface area contributed by atoms with Gasteiger partial charge in [-0.15, -0.1) is 0 Å². The molecular weight excluding hydrogens is 632 g/mol. The molecule has 2 rings (SSSR count). The molecule has 0 bridgehead atoms. The Kier molecular flexibility index (Phi) is 34.9. The van der Waals surface area contributed by atoms with Crippen LogP contribution < -0.4 is 32.4 Å². The summed E-state index contributed by atoms with van der Waals surface area (Å²) in [6.07, 6.45) is 22.8. The van der Waals surface area contributed by atoms with E-state index in [0.29, 0.717) is 23.6 Å². The van der Waals surface area contributed by atoms with Gasteiger partial charge in [-0.25, -0.2) is 9.59 Å². The monoisotopic (exact) mass is 705 g/mol. The van der Waals surface area contributed by atoms with Crippen LogP contribution >= 0.6 is 0 Å². The highest BCUT2D eigenvalue weighted by Gasteiger charge is 2.03. The highest BCUT2D eigenvalue weighted by molar-refractivity contribution is 5.88. The molecule has 0 aromatic heterocycles. The van der Waals surface area contributed by atoms with Gasteiger partial charge in [0.05, 0.1) is 25.3 Å². The average molecular weight is 705 g/mol. The maximum Gasteiger partial charge on any atom is 0.335 e. The number of nitrogens with two attached hydrogens (primary N) is 4. The fraction of sp³-hybridized carbons (Fsp3) is 0.650. The Hall–Kier alpha value is -3.18. The zero-order valence-corrected chi connectivity index (χ0v) is 31.8. The minimum atomic E-state index is -0.923. The molecule has 0 saturated carbocycles. The quantitative estimate of drug-likeness (QED) is 0.0577. The summed E-state index contributed by atoms with van der Waals surface area (Å²) < 4.78 is 9.71. The molecule has 288 valence electrons. The Morgan fingerprint density at radius 2 is 0.800 bits per heavy atom. The van der Waals surface area contributed by atoms with Gasteiger partial charge in [-0.3, -0.25) is 0 Å². The summed E-state index contributed by atoms with van der Waals surface area (Å²) in [6, 6.07) is 13.4. The van der Waals surface area contributed by atoms with Crippen LogP contribution in [0.5, 0.6) is 11.5 Å². The SMILES string of the molecule is CCCCC(N)CCCCCCCN.CCCCC(N)CCCCCCCN.COc1ccc(C(=O)O)cc1.COc1ccc(C(=O)O)cc1. The van der Waals surface area contributed by atoms with Crippen LogP contribution in [0.1, 0.15) is 150 Å². The van der Waals surface area contributed by atoms with Gasteiger partial charge in [0, 0.05) is 12.1 Å². The van der Waals surface area contributed by atoms with Crippen molar-refractivity contribution in [3.05, 3.63) is 59.7 Å². The Balaban J connectivity index is 0. The lowest BCUT2D eigenvalue weighted by Gasteiger charge is -2.10. The van der Waals surface area contributed by atoms with Crippen LogP contribution in [-0.2, 0) is 0 Å². The van der Waals surface area contributed by atoms with E-state index in [9.17, 15) is 9.59 Å². The lowest BCUT2D eigenvalue weighted by molar-refractivity contribution is 0.0686. The first-order valence-corrected chi connectivity index (χ1v) is 18.8. The lowest BCUT2D eigenvalue weighted by Crippen LogP contribution is -2.19. The molecule has 10 heteroatoms. The van der Waals surface area contributed by atoms with Crippen molar-refractivity contribution in [1.29, 1.82) is 0 Å². The number of hydrogen-bond acceptors (Lipinski definition) is 8. The first-order valence-electron chi connectivity index (χ1n) is 18.8. The molecule has 0 radical (unpaired) electrons. The van der Waals surface area contributed by atoms with E-state index < -0.39 is 11.9 Å². The molecule has 0 heterocycles. The summed E-state index contributed by atoms with van der Waals surface area (Å²) in [4.78, 5) is 20.7. The van der Waals surface area contributed by atoms with Crippen LogP contribution in [0.3, 0.4) is 0 Å². The van der Waals surface area contributed by atoms with Crippen molar-refractivity contribution in [3.8, 4) is 11.5 Å². The molecule has 0 aliphatic rings. The zero-order valence-electron chi connectivity index (χ0n) is 31.8. The van der Waals surface area contributed by atoms with Gasteiger partial charge in [-0.1, -0.05) is 90.9 Å². The molecule has 0 aliphatic heterocycles. The van der Waals surface area contributed by atoms with Crippen molar-refractivity contribution < 1.29 is 29.3 Å². The summed E-state index contributed by atoms with van der Waals surface area (Å²) in [6.45, 7) is 6.13. The first kappa shape index (κ1) is 48.9. The van der Waals surface area contributed by atoms with Crippen LogP contribution in [0, 0.1) is 0 Å². The summed E-state index contributed by atoms with van der Waals surface area (Å²) in [5, 5.41) is 17.0. The van der Waals surface area contributed by atoms with E-state index in [0.717, 1.165) is 13.1 Å². The largest absolute Gasteiger partial charge is 0.497 e. The van der Waals surface area contributed by atoms with Gasteiger partial charge in [0.15, 0.2) is 0 Å². The minimum absolute atomic E-state index is 0.269. The van der Waals surface area contributed by atoms with Crippen LogP contribution in [0.2, 0.25) is 0 Å². The Labute approximate surface area is 303 Å². The first-order chi connectivity index (χ1) is 24.1. The van der Waals surface area contributed by atoms with E-state index in [1.807, 2.05) is 0 Å². The summed E-state index contributed by atoms with van der Waals surface area (Å²) in [5.41, 5.74) is 23.4. The molecule has 0 saturated heterocycles. The van der Waals surface area contributed by atoms with E-state index in [2.05, 4.69) is 13.8 Å². The summed E-state index contributed by atoms with van der Waals surface area (Å²) in [7, 11) is 3.07. The second-order valence-electron chi connectivity index (χ2n) is 12.6. The van der Waals surface area contributed by atoms with E-state index in [1.54, 1.807) is 24.3 Å². The Bertz CT molecular complexity index is 954. The molecule has 10 N–H and O–H groups in total. The van der Waals surface area contributed by atoms with Crippen molar-refractivity contribution in [1.82, 2.24) is 0 Å². The van der Waals surface area contributed by atoms with Crippen LogP contribution in [-0.4, -0.2) is 61.5 Å². The number of ether oxygens (including phenoxy) is 2. The third-order valence-electron chi connectivity index (χ3n) is 8.09. The number of carbonyl (C=O) groups is 2. The molecule has 2 unspecified atom stereocenters. The number of unbranched alkanes of at least 4 members (excludes halogenated alkanes) is 10. The predicted octanol–water partition coefficient (Wildman–Crippen LogP) is 8.39. The predicted molar refractivity (Wildman–Crippen MR) is 208 cm³/mol. The van der Waals surface area contributed by atoms with Gasteiger partial charge in [-0.05, 0) is 100 Å². The lowest BCUT2D eigenvalue weighted by atomic mass is 10.0. The third-order valence-corrected chi connectivity index (χ3v) is 8.09. The Morgan fingerprint density at radius 3 is 1.06 bits per heavy atom. The number of methoxy groups -OCH3 is 2. The molecule has 0 spiro atoms. The molecule has 50 heavy (non-hydrogen) atoms. The molecule has 10 nitrogen and oxygen atoms in total. The molecule has 0 amide bonds. The van der Waals surface area contributed by atoms with Gasteiger partial charge in [0.1, 0.15) is 11.5 Å². The van der Waals surface area contributed by atoms with E-state index in [1.165, 1.54) is 154 Å². The van der Waals surface area contributed by atoms with Crippen LogP contribution in [0.4, 0.5) is 0 Å². The van der Waals surface area contributed by atoms with Crippen molar-refractivity contribution in [2.75, 3.05) is 27.3 Å². The zero-order chi connectivity index (χ0) is 37.8. The minimum Gasteiger partial charge on any atom is -0.497 e. The Morgan fingerprint density at radius 1 is 0.520 bits per heavy atom. The second-order valence-corrected chi connectivity index (χ2v) is 12.6. The maximum absolute atomic E-state index is 10.4. The molecule has 2 aromatic carbocycles. The molecule has 2 aromatic rings. The molecule has 0 fully saturated rings. The normalized spacial score (nSPS) is 11.4. The number of benzene rings is 2. The van der Waals surface area contributed by atoms with Gasteiger partial charge in [0.2, 0.25) is 0 Å². The van der Waals surface area contributed by atoms with E-state index in [4.69, 9.17) is 42.6 Å². The van der Waals surface area contributed by atoms with Crippen molar-refractivity contribution in [2.45, 2.75) is 142 Å². The van der Waals surface area contributed by atoms with Crippen molar-refractivity contribution in [2.24, 2.45) is 22.9 Å². The van der Waals surface area contributed by atoms with Gasteiger partial charge >= 0.3 is 11.9 Å². The fourth-order valence-electron chi connectivity index (χ4n) is 4.85. The van der Waals surface area contributed by atoms with E-state index in [-0.39, 0.29) is 11.1 Å². The van der Waals surface area contributed by atoms with Crippen molar-refractivity contribution in [3.63, 3.8) is 0 Å². The summed E-state index contributed by atoms with van der Waals surface area (Å²) >= 11 is 0. The van der Waals surface area contributed by atoms with Gasteiger partial charge < -0.3 is 42.6 Å². The van der Waals surface area contributed by atoms with Gasteiger partial charge in [0.25, 0.3) is 0 Å². The molecular formula is C40H72N4O6. The van der Waals surface area contributed by atoms with Crippen LogP contribution in [0.15, 0.2) is 48.5 Å². The molecule has 2 atom stereocenters. The van der Waals surface area contributed by atoms with Gasteiger partial charge in [-0.2, -0.15) is 0 Å².